The first-order valence-electron chi connectivity index (χ1n) is 12.2. The van der Waals surface area contributed by atoms with Crippen LogP contribution >= 0.6 is 7.60 Å². The minimum absolute atomic E-state index is 0.152. The van der Waals surface area contributed by atoms with Crippen molar-refractivity contribution in [1.29, 1.82) is 0 Å². The molecule has 6 nitrogen and oxygen atoms in total. The molecule has 0 aliphatic rings. The van der Waals surface area contributed by atoms with Crippen LogP contribution < -0.4 is 5.32 Å². The summed E-state index contributed by atoms with van der Waals surface area (Å²) in [7, 11) is -4.20. The van der Waals surface area contributed by atoms with Gasteiger partial charge in [0.2, 0.25) is 5.91 Å². The van der Waals surface area contributed by atoms with Crippen LogP contribution in [-0.4, -0.2) is 20.7 Å². The van der Waals surface area contributed by atoms with Gasteiger partial charge in [-0.25, -0.2) is 4.98 Å². The fraction of sp³-hybridized carbons (Fsp3) is 0.750. The highest BCUT2D eigenvalue weighted by Gasteiger charge is 2.18. The molecule has 1 aromatic heterocycles. The second kappa shape index (κ2) is 17.3. The third-order valence-electron chi connectivity index (χ3n) is 5.53. The number of aromatic nitrogens is 1. The number of pyridine rings is 1. The molecule has 0 aromatic carbocycles. The summed E-state index contributed by atoms with van der Waals surface area (Å²) in [5.41, 5.74) is 0.362. The minimum atomic E-state index is -4.20. The van der Waals surface area contributed by atoms with E-state index < -0.39 is 13.8 Å². The van der Waals surface area contributed by atoms with Gasteiger partial charge >= 0.3 is 7.60 Å². The number of rotatable bonds is 19. The van der Waals surface area contributed by atoms with Crippen LogP contribution in [0.2, 0.25) is 0 Å². The van der Waals surface area contributed by atoms with Crippen molar-refractivity contribution < 1.29 is 19.1 Å². The molecular formula is C24H43N2O4P. The van der Waals surface area contributed by atoms with Crippen LogP contribution in [0.25, 0.3) is 0 Å². The van der Waals surface area contributed by atoms with Gasteiger partial charge in [0.1, 0.15) is 5.82 Å². The molecule has 0 atom stereocenters. The van der Waals surface area contributed by atoms with E-state index in [4.69, 9.17) is 9.79 Å². The molecule has 31 heavy (non-hydrogen) atoms. The van der Waals surface area contributed by atoms with Crippen molar-refractivity contribution in [3.63, 3.8) is 0 Å². The first-order valence-corrected chi connectivity index (χ1v) is 14.0. The Bertz CT molecular complexity index is 648. The highest BCUT2D eigenvalue weighted by molar-refractivity contribution is 7.50. The first-order chi connectivity index (χ1) is 14.9. The molecule has 0 fully saturated rings. The molecule has 0 unspecified atom stereocenters. The first kappa shape index (κ1) is 27.8. The molecule has 0 saturated heterocycles. The van der Waals surface area contributed by atoms with Crippen molar-refractivity contribution in [2.45, 2.75) is 116 Å². The Kier molecular flexibility index (Phi) is 15.6. The zero-order valence-corrected chi connectivity index (χ0v) is 20.3. The highest BCUT2D eigenvalue weighted by atomic mass is 31.2. The molecular weight excluding hydrogens is 411 g/mol. The monoisotopic (exact) mass is 454 g/mol. The molecule has 0 radical (unpaired) electrons. The maximum absolute atomic E-state index is 12.1. The lowest BCUT2D eigenvalue weighted by molar-refractivity contribution is -0.116. The Labute approximate surface area is 188 Å². The Morgan fingerprint density at radius 1 is 0.871 bits per heavy atom. The fourth-order valence-corrected chi connectivity index (χ4v) is 4.45. The van der Waals surface area contributed by atoms with E-state index in [1.54, 1.807) is 12.1 Å². The Hall–Kier alpha value is -1.23. The molecule has 3 N–H and O–H groups in total. The lowest BCUT2D eigenvalue weighted by Gasteiger charge is -2.10. The van der Waals surface area contributed by atoms with Crippen LogP contribution in [0.1, 0.15) is 115 Å². The van der Waals surface area contributed by atoms with Gasteiger partial charge in [0.05, 0.1) is 6.16 Å². The largest absolute Gasteiger partial charge is 0.330 e. The van der Waals surface area contributed by atoms with Gasteiger partial charge in [-0.2, -0.15) is 0 Å². The van der Waals surface area contributed by atoms with Crippen LogP contribution in [0, 0.1) is 0 Å². The van der Waals surface area contributed by atoms with Gasteiger partial charge in [0.25, 0.3) is 0 Å². The number of carbonyl (C=O) groups excluding carboxylic acids is 1. The van der Waals surface area contributed by atoms with Crippen molar-refractivity contribution in [2.24, 2.45) is 0 Å². The van der Waals surface area contributed by atoms with Gasteiger partial charge in [-0.05, 0) is 12.5 Å². The summed E-state index contributed by atoms with van der Waals surface area (Å²) < 4.78 is 11.2. The average molecular weight is 455 g/mol. The number of carbonyl (C=O) groups is 1. The predicted octanol–water partition coefficient (Wildman–Crippen LogP) is 6.96. The van der Waals surface area contributed by atoms with E-state index in [0.29, 0.717) is 12.0 Å². The standard InChI is InChI=1S/C24H43N2O4P/c1-2-3-4-5-6-7-8-9-10-11-12-13-14-15-16-19-23(27)26-24-22(18-17-20-25-24)21-31(28,29)30/h17-18,20H,2-16,19,21H2,1H3,(H,25,26,27)(H2,28,29,30). The summed E-state index contributed by atoms with van der Waals surface area (Å²) in [4.78, 5) is 34.5. The number of nitrogens with one attached hydrogen (secondary N) is 1. The van der Waals surface area contributed by atoms with Crippen molar-refractivity contribution >= 4 is 19.3 Å². The second-order valence-electron chi connectivity index (χ2n) is 8.58. The van der Waals surface area contributed by atoms with Crippen LogP contribution in [0.5, 0.6) is 0 Å². The molecule has 7 heteroatoms. The molecule has 1 aromatic rings. The number of amides is 1. The van der Waals surface area contributed by atoms with E-state index >= 15 is 0 Å². The second-order valence-corrected chi connectivity index (χ2v) is 10.2. The maximum atomic E-state index is 12.1. The summed E-state index contributed by atoms with van der Waals surface area (Å²) >= 11 is 0. The van der Waals surface area contributed by atoms with Gasteiger partial charge in [-0.3, -0.25) is 9.36 Å². The summed E-state index contributed by atoms with van der Waals surface area (Å²) in [6.07, 6.45) is 20.7. The Morgan fingerprint density at radius 2 is 1.35 bits per heavy atom. The van der Waals surface area contributed by atoms with Crippen LogP contribution in [-0.2, 0) is 15.5 Å². The van der Waals surface area contributed by atoms with E-state index in [-0.39, 0.29) is 11.7 Å². The third-order valence-corrected chi connectivity index (χ3v) is 6.29. The normalized spacial score (nSPS) is 11.6. The summed E-state index contributed by atoms with van der Waals surface area (Å²) in [6.45, 7) is 2.26. The van der Waals surface area contributed by atoms with E-state index in [1.165, 1.54) is 83.2 Å². The zero-order chi connectivity index (χ0) is 22.8. The molecule has 178 valence electrons. The Balaban J connectivity index is 1.99. The van der Waals surface area contributed by atoms with Gasteiger partial charge in [0.15, 0.2) is 0 Å². The topological polar surface area (TPSA) is 99.5 Å². The van der Waals surface area contributed by atoms with E-state index in [1.807, 2.05) is 0 Å². The highest BCUT2D eigenvalue weighted by Crippen LogP contribution is 2.40. The van der Waals surface area contributed by atoms with Gasteiger partial charge < -0.3 is 15.1 Å². The molecule has 1 amide bonds. The number of hydrogen-bond donors (Lipinski definition) is 3. The predicted molar refractivity (Wildman–Crippen MR) is 128 cm³/mol. The summed E-state index contributed by atoms with van der Waals surface area (Å²) in [5.74, 6) is 0.0946. The van der Waals surface area contributed by atoms with Gasteiger partial charge in [-0.1, -0.05) is 103 Å². The molecule has 0 aliphatic heterocycles. The van der Waals surface area contributed by atoms with Crippen molar-refractivity contribution in [1.82, 2.24) is 4.98 Å². The minimum Gasteiger partial charge on any atom is -0.324 e. The molecule has 0 spiro atoms. The van der Waals surface area contributed by atoms with Crippen LogP contribution in [0.4, 0.5) is 5.82 Å². The van der Waals surface area contributed by atoms with Crippen LogP contribution in [0.15, 0.2) is 18.3 Å². The van der Waals surface area contributed by atoms with Crippen molar-refractivity contribution in [3.05, 3.63) is 23.9 Å². The smallest absolute Gasteiger partial charge is 0.324 e. The third kappa shape index (κ3) is 16.1. The Morgan fingerprint density at radius 3 is 1.84 bits per heavy atom. The molecule has 0 bridgehead atoms. The SMILES string of the molecule is CCCCCCCCCCCCCCCCCC(=O)Nc1ncccc1CP(=O)(O)O. The van der Waals surface area contributed by atoms with Crippen molar-refractivity contribution in [2.75, 3.05) is 5.32 Å². The quantitative estimate of drug-likeness (QED) is 0.155. The average Bonchev–Trinajstić information content (AvgIpc) is 2.71. The number of hydrogen-bond acceptors (Lipinski definition) is 3. The van der Waals surface area contributed by atoms with E-state index in [9.17, 15) is 9.36 Å². The summed E-state index contributed by atoms with van der Waals surface area (Å²) in [5, 5.41) is 2.69. The molecule has 0 aliphatic carbocycles. The molecule has 0 saturated carbocycles. The van der Waals surface area contributed by atoms with Gasteiger partial charge in [0, 0.05) is 18.2 Å². The number of nitrogens with zero attached hydrogens (tertiary/aromatic N) is 1. The molecule has 1 rings (SSSR count). The number of unbranched alkanes of at least 4 members (excludes halogenated alkanes) is 14. The zero-order valence-electron chi connectivity index (χ0n) is 19.4. The van der Waals surface area contributed by atoms with E-state index in [2.05, 4.69) is 17.2 Å². The summed E-state index contributed by atoms with van der Waals surface area (Å²) in [6, 6.07) is 3.19. The fourth-order valence-electron chi connectivity index (χ4n) is 3.75. The van der Waals surface area contributed by atoms with Crippen molar-refractivity contribution in [3.8, 4) is 0 Å². The maximum Gasteiger partial charge on any atom is 0.330 e. The van der Waals surface area contributed by atoms with Gasteiger partial charge in [-0.15, -0.1) is 0 Å². The molecule has 1 heterocycles. The number of anilines is 1. The lowest BCUT2D eigenvalue weighted by atomic mass is 10.0. The van der Waals surface area contributed by atoms with Crippen LogP contribution in [0.3, 0.4) is 0 Å². The van der Waals surface area contributed by atoms with E-state index in [0.717, 1.165) is 19.3 Å². The lowest BCUT2D eigenvalue weighted by Crippen LogP contribution is -2.14.